The number of H-pyrrole nitrogens is 1. The van der Waals surface area contributed by atoms with Gasteiger partial charge in [0.1, 0.15) is 11.5 Å². The minimum atomic E-state index is -1.26. The first-order chi connectivity index (χ1) is 7.49. The Hall–Kier alpha value is -1.88. The van der Waals surface area contributed by atoms with Crippen LogP contribution in [0.15, 0.2) is 23.0 Å². The number of aromatic carboxylic acids is 1. The highest BCUT2D eigenvalue weighted by Gasteiger charge is 2.10. The molecule has 16 heavy (non-hydrogen) atoms. The van der Waals surface area contributed by atoms with E-state index in [1.165, 1.54) is 6.07 Å². The predicted octanol–water partition coefficient (Wildman–Crippen LogP) is 2.02. The number of aromatic nitrogens is 1. The van der Waals surface area contributed by atoms with Crippen molar-refractivity contribution in [1.29, 1.82) is 0 Å². The van der Waals surface area contributed by atoms with E-state index in [1.54, 1.807) is 0 Å². The van der Waals surface area contributed by atoms with Crippen LogP contribution < -0.4 is 5.43 Å². The zero-order valence-electron chi connectivity index (χ0n) is 7.75. The van der Waals surface area contributed by atoms with Crippen LogP contribution in [0.3, 0.4) is 0 Å². The van der Waals surface area contributed by atoms with Gasteiger partial charge >= 0.3 is 5.97 Å². The number of rotatable bonds is 1. The van der Waals surface area contributed by atoms with Crippen molar-refractivity contribution in [3.8, 4) is 0 Å². The minimum Gasteiger partial charge on any atom is -0.477 e. The van der Waals surface area contributed by atoms with Crippen LogP contribution in [-0.2, 0) is 0 Å². The SMILES string of the molecule is O=C(O)c1cc(=O)c2cc(F)c(Cl)cc2[nH]1. The van der Waals surface area contributed by atoms with Gasteiger partial charge in [-0.25, -0.2) is 9.18 Å². The lowest BCUT2D eigenvalue weighted by atomic mass is 10.2. The maximum Gasteiger partial charge on any atom is 0.352 e. The quantitative estimate of drug-likeness (QED) is 0.802. The first-order valence-corrected chi connectivity index (χ1v) is 4.62. The number of benzene rings is 1. The van der Waals surface area contributed by atoms with Crippen molar-refractivity contribution in [2.75, 3.05) is 0 Å². The van der Waals surface area contributed by atoms with Crippen LogP contribution >= 0.6 is 11.6 Å². The largest absolute Gasteiger partial charge is 0.477 e. The number of hydrogen-bond donors (Lipinski definition) is 2. The number of hydrogen-bond acceptors (Lipinski definition) is 2. The van der Waals surface area contributed by atoms with Crippen molar-refractivity contribution in [2.24, 2.45) is 0 Å². The average molecular weight is 242 g/mol. The Morgan fingerprint density at radius 1 is 1.38 bits per heavy atom. The molecular weight excluding hydrogens is 237 g/mol. The maximum absolute atomic E-state index is 13.1. The molecular formula is C10H5ClFNO3. The summed E-state index contributed by atoms with van der Waals surface area (Å²) in [5.41, 5.74) is -0.641. The summed E-state index contributed by atoms with van der Waals surface area (Å²) >= 11 is 5.53. The number of carboxylic acids is 1. The molecule has 6 heteroatoms. The third kappa shape index (κ3) is 1.65. The smallest absolute Gasteiger partial charge is 0.352 e. The molecule has 0 fully saturated rings. The molecule has 1 aromatic heterocycles. The Kier molecular flexibility index (Phi) is 2.40. The van der Waals surface area contributed by atoms with Crippen molar-refractivity contribution in [2.45, 2.75) is 0 Å². The highest BCUT2D eigenvalue weighted by Crippen LogP contribution is 2.19. The molecule has 0 amide bonds. The highest BCUT2D eigenvalue weighted by molar-refractivity contribution is 6.31. The van der Waals surface area contributed by atoms with Crippen molar-refractivity contribution >= 4 is 28.5 Å². The first-order valence-electron chi connectivity index (χ1n) is 4.24. The van der Waals surface area contributed by atoms with Gasteiger partial charge in [-0.15, -0.1) is 0 Å². The molecule has 0 radical (unpaired) electrons. The maximum atomic E-state index is 13.1. The number of carbonyl (C=O) groups is 1. The summed E-state index contributed by atoms with van der Waals surface area (Å²) in [5, 5.41) is 8.60. The highest BCUT2D eigenvalue weighted by atomic mass is 35.5. The number of carboxylic acid groups (broad SMARTS) is 1. The van der Waals surface area contributed by atoms with E-state index < -0.39 is 17.2 Å². The molecule has 2 rings (SSSR count). The normalized spacial score (nSPS) is 10.6. The number of aromatic amines is 1. The van der Waals surface area contributed by atoms with E-state index in [-0.39, 0.29) is 21.6 Å². The Balaban J connectivity index is 2.88. The number of halogens is 2. The monoisotopic (exact) mass is 241 g/mol. The van der Waals surface area contributed by atoms with Crippen LogP contribution in [-0.4, -0.2) is 16.1 Å². The van der Waals surface area contributed by atoms with Gasteiger partial charge in [0.05, 0.1) is 10.5 Å². The Morgan fingerprint density at radius 2 is 2.06 bits per heavy atom. The molecule has 0 aliphatic carbocycles. The molecule has 2 aromatic rings. The molecule has 2 N–H and O–H groups in total. The van der Waals surface area contributed by atoms with Gasteiger partial charge in [-0.2, -0.15) is 0 Å². The molecule has 0 bridgehead atoms. The second-order valence-electron chi connectivity index (χ2n) is 3.16. The molecule has 0 aliphatic heterocycles. The summed E-state index contributed by atoms with van der Waals surface area (Å²) in [4.78, 5) is 24.6. The molecule has 4 nitrogen and oxygen atoms in total. The second kappa shape index (κ2) is 3.61. The minimum absolute atomic E-state index is 0.0619. The standard InChI is InChI=1S/C10H5ClFNO3/c11-5-2-7-4(1-6(5)12)9(14)3-8(13-7)10(15)16/h1-3H,(H,13,14)(H,15,16). The number of nitrogens with one attached hydrogen (secondary N) is 1. The second-order valence-corrected chi connectivity index (χ2v) is 3.57. The van der Waals surface area contributed by atoms with E-state index in [0.717, 1.165) is 12.1 Å². The van der Waals surface area contributed by atoms with Gasteiger partial charge in [0.15, 0.2) is 5.43 Å². The molecule has 0 atom stereocenters. The molecule has 0 aliphatic rings. The van der Waals surface area contributed by atoms with Crippen LogP contribution in [0.4, 0.5) is 4.39 Å². The lowest BCUT2D eigenvalue weighted by Gasteiger charge is -2.01. The predicted molar refractivity (Wildman–Crippen MR) is 56.5 cm³/mol. The van der Waals surface area contributed by atoms with Gasteiger partial charge < -0.3 is 10.1 Å². The number of pyridine rings is 1. The third-order valence-corrected chi connectivity index (χ3v) is 2.39. The summed E-state index contributed by atoms with van der Waals surface area (Å²) in [7, 11) is 0. The fraction of sp³-hybridized carbons (Fsp3) is 0. The van der Waals surface area contributed by atoms with E-state index in [4.69, 9.17) is 16.7 Å². The van der Waals surface area contributed by atoms with Crippen LogP contribution in [0.2, 0.25) is 5.02 Å². The third-order valence-electron chi connectivity index (χ3n) is 2.10. The van der Waals surface area contributed by atoms with Gasteiger partial charge in [-0.1, -0.05) is 11.6 Å². The summed E-state index contributed by atoms with van der Waals surface area (Å²) < 4.78 is 13.1. The summed E-state index contributed by atoms with van der Waals surface area (Å²) in [6.07, 6.45) is 0. The first kappa shape index (κ1) is 10.6. The van der Waals surface area contributed by atoms with E-state index in [2.05, 4.69) is 4.98 Å². The fourth-order valence-corrected chi connectivity index (χ4v) is 1.52. The molecule has 0 spiro atoms. The Labute approximate surface area is 93.3 Å². The summed E-state index contributed by atoms with van der Waals surface area (Å²) in [5.74, 6) is -1.98. The van der Waals surface area contributed by atoms with Crippen molar-refractivity contribution < 1.29 is 14.3 Å². The fourth-order valence-electron chi connectivity index (χ4n) is 1.36. The topological polar surface area (TPSA) is 70.2 Å². The molecule has 82 valence electrons. The molecule has 0 unspecified atom stereocenters. The zero-order valence-corrected chi connectivity index (χ0v) is 8.51. The van der Waals surface area contributed by atoms with Gasteiger partial charge in [-0.3, -0.25) is 4.79 Å². The summed E-state index contributed by atoms with van der Waals surface area (Å²) in [6.45, 7) is 0. The van der Waals surface area contributed by atoms with Crippen molar-refractivity contribution in [3.05, 3.63) is 45.0 Å². The van der Waals surface area contributed by atoms with Crippen molar-refractivity contribution in [3.63, 3.8) is 0 Å². The van der Waals surface area contributed by atoms with Crippen LogP contribution in [0.5, 0.6) is 0 Å². The number of fused-ring (bicyclic) bond motifs is 1. The van der Waals surface area contributed by atoms with Gasteiger partial charge in [0, 0.05) is 11.5 Å². The molecule has 1 aromatic carbocycles. The van der Waals surface area contributed by atoms with Crippen molar-refractivity contribution in [1.82, 2.24) is 4.98 Å². The molecule has 0 saturated heterocycles. The average Bonchev–Trinajstić information content (AvgIpc) is 2.20. The van der Waals surface area contributed by atoms with Gasteiger partial charge in [-0.05, 0) is 12.1 Å². The van der Waals surface area contributed by atoms with E-state index >= 15 is 0 Å². The molecule has 0 saturated carbocycles. The van der Waals surface area contributed by atoms with Crippen LogP contribution in [0, 0.1) is 5.82 Å². The lowest BCUT2D eigenvalue weighted by Crippen LogP contribution is -2.09. The summed E-state index contributed by atoms with van der Waals surface area (Å²) in [6, 6.07) is 3.06. The lowest BCUT2D eigenvalue weighted by molar-refractivity contribution is 0.0691. The van der Waals surface area contributed by atoms with Crippen LogP contribution in [0.1, 0.15) is 10.5 Å². The Morgan fingerprint density at radius 3 is 2.69 bits per heavy atom. The van der Waals surface area contributed by atoms with Gasteiger partial charge in [0.25, 0.3) is 0 Å². The zero-order chi connectivity index (χ0) is 11.9. The Bertz CT molecular complexity index is 650. The van der Waals surface area contributed by atoms with Gasteiger partial charge in [0.2, 0.25) is 0 Å². The van der Waals surface area contributed by atoms with E-state index in [0.29, 0.717) is 0 Å². The molecule has 1 heterocycles. The van der Waals surface area contributed by atoms with Crippen LogP contribution in [0.25, 0.3) is 10.9 Å². The van der Waals surface area contributed by atoms with E-state index in [1.807, 2.05) is 0 Å². The van der Waals surface area contributed by atoms with E-state index in [9.17, 15) is 14.0 Å².